The van der Waals surface area contributed by atoms with E-state index in [9.17, 15) is 13.6 Å². The van der Waals surface area contributed by atoms with Crippen LogP contribution >= 0.6 is 11.6 Å². The minimum Gasteiger partial charge on any atom is -0.308 e. The summed E-state index contributed by atoms with van der Waals surface area (Å²) >= 11 is 5.96. The molecule has 0 bridgehead atoms. The molecule has 0 aliphatic heterocycles. The molecule has 0 fully saturated rings. The fourth-order valence-corrected chi connectivity index (χ4v) is 2.09. The van der Waals surface area contributed by atoms with Crippen molar-refractivity contribution in [2.24, 2.45) is 0 Å². The summed E-state index contributed by atoms with van der Waals surface area (Å²) in [4.78, 5) is 14.3. The van der Waals surface area contributed by atoms with Gasteiger partial charge in [-0.25, -0.2) is 8.78 Å². The third-order valence-electron chi connectivity index (χ3n) is 2.97. The first-order valence-corrected chi connectivity index (χ1v) is 6.64. The van der Waals surface area contributed by atoms with Gasteiger partial charge in [-0.05, 0) is 26.2 Å². The highest BCUT2D eigenvalue weighted by Gasteiger charge is 2.23. The maximum Gasteiger partial charge on any atom is 0.215 e. The maximum atomic E-state index is 13.7. The van der Waals surface area contributed by atoms with Gasteiger partial charge in [0.2, 0.25) is 5.78 Å². The predicted octanol–water partition coefficient (Wildman–Crippen LogP) is 2.61. The molecule has 0 N–H and O–H groups in total. The molecule has 1 heterocycles. The predicted molar refractivity (Wildman–Crippen MR) is 75.6 cm³/mol. The molecule has 2 aromatic rings. The van der Waals surface area contributed by atoms with Crippen molar-refractivity contribution in [2.45, 2.75) is 6.54 Å². The van der Waals surface area contributed by atoms with Gasteiger partial charge in [-0.1, -0.05) is 17.7 Å². The van der Waals surface area contributed by atoms with Crippen LogP contribution in [0.1, 0.15) is 16.1 Å². The first-order valence-electron chi connectivity index (χ1n) is 6.26. The number of hydrogen-bond acceptors (Lipinski definition) is 3. The molecule has 1 aromatic heterocycles. The van der Waals surface area contributed by atoms with E-state index in [0.717, 1.165) is 6.07 Å². The number of likely N-dealkylation sites (N-methyl/N-ethyl adjacent to an activating group) is 1. The van der Waals surface area contributed by atoms with Gasteiger partial charge in [0.25, 0.3) is 0 Å². The van der Waals surface area contributed by atoms with Crippen LogP contribution in [0.5, 0.6) is 0 Å². The van der Waals surface area contributed by atoms with Crippen molar-refractivity contribution in [1.82, 2.24) is 14.7 Å². The van der Waals surface area contributed by atoms with Crippen molar-refractivity contribution in [3.8, 4) is 0 Å². The summed E-state index contributed by atoms with van der Waals surface area (Å²) in [5.41, 5.74) is -0.300. The van der Waals surface area contributed by atoms with Crippen LogP contribution in [0.15, 0.2) is 24.4 Å². The Morgan fingerprint density at radius 3 is 2.76 bits per heavy atom. The number of nitrogens with zero attached hydrogens (tertiary/aromatic N) is 3. The fourth-order valence-electron chi connectivity index (χ4n) is 1.86. The van der Waals surface area contributed by atoms with Crippen LogP contribution in [0.3, 0.4) is 0 Å². The lowest BCUT2D eigenvalue weighted by molar-refractivity contribution is 0.102. The van der Waals surface area contributed by atoms with Crippen LogP contribution in [0, 0.1) is 11.6 Å². The van der Waals surface area contributed by atoms with Crippen molar-refractivity contribution >= 4 is 17.4 Å². The van der Waals surface area contributed by atoms with Crippen LogP contribution in [-0.4, -0.2) is 41.1 Å². The molecular formula is C14H14ClF2N3O. The number of halogens is 3. The van der Waals surface area contributed by atoms with Gasteiger partial charge in [-0.15, -0.1) is 0 Å². The average Bonchev–Trinajstić information content (AvgIpc) is 2.80. The SMILES string of the molecule is CN(C)CCn1ncc(Cl)c1C(=O)c1cccc(F)c1F. The highest BCUT2D eigenvalue weighted by Crippen LogP contribution is 2.22. The molecule has 7 heteroatoms. The van der Waals surface area contributed by atoms with Gasteiger partial charge in [0.05, 0.1) is 23.3 Å². The number of carbonyl (C=O) groups excluding carboxylic acids is 1. The monoisotopic (exact) mass is 313 g/mol. The third-order valence-corrected chi connectivity index (χ3v) is 3.24. The summed E-state index contributed by atoms with van der Waals surface area (Å²) in [6.07, 6.45) is 1.32. The Morgan fingerprint density at radius 2 is 2.10 bits per heavy atom. The van der Waals surface area contributed by atoms with E-state index in [1.54, 1.807) is 0 Å². The number of benzene rings is 1. The first kappa shape index (κ1) is 15.6. The Morgan fingerprint density at radius 1 is 1.38 bits per heavy atom. The number of aromatic nitrogens is 2. The summed E-state index contributed by atoms with van der Waals surface area (Å²) in [5.74, 6) is -2.94. The van der Waals surface area contributed by atoms with E-state index >= 15 is 0 Å². The van der Waals surface area contributed by atoms with Crippen LogP contribution in [0.2, 0.25) is 5.02 Å². The van der Waals surface area contributed by atoms with Crippen LogP contribution in [0.25, 0.3) is 0 Å². The molecular weight excluding hydrogens is 300 g/mol. The average molecular weight is 314 g/mol. The second-order valence-corrected chi connectivity index (χ2v) is 5.21. The second-order valence-electron chi connectivity index (χ2n) is 4.80. The Balaban J connectivity index is 2.39. The molecule has 0 radical (unpaired) electrons. The summed E-state index contributed by atoms with van der Waals surface area (Å²) in [6, 6.07) is 3.46. The summed E-state index contributed by atoms with van der Waals surface area (Å²) in [6.45, 7) is 1.04. The molecule has 4 nitrogen and oxygen atoms in total. The molecule has 21 heavy (non-hydrogen) atoms. The van der Waals surface area contributed by atoms with Gasteiger partial charge in [0.15, 0.2) is 11.6 Å². The Kier molecular flexibility index (Phi) is 4.69. The van der Waals surface area contributed by atoms with Gasteiger partial charge < -0.3 is 4.90 Å². The number of carbonyl (C=O) groups is 1. The van der Waals surface area contributed by atoms with Crippen LogP contribution in [0.4, 0.5) is 8.78 Å². The third kappa shape index (κ3) is 3.28. The summed E-state index contributed by atoms with van der Waals surface area (Å²) < 4.78 is 28.4. The number of rotatable bonds is 5. The molecule has 0 saturated carbocycles. The fraction of sp³-hybridized carbons (Fsp3) is 0.286. The highest BCUT2D eigenvalue weighted by molar-refractivity contribution is 6.34. The van der Waals surface area contributed by atoms with E-state index in [1.807, 2.05) is 19.0 Å². The molecule has 112 valence electrons. The normalized spacial score (nSPS) is 11.1. The minimum atomic E-state index is -1.18. The van der Waals surface area contributed by atoms with Crippen LogP contribution in [-0.2, 0) is 6.54 Å². The maximum absolute atomic E-state index is 13.7. The summed E-state index contributed by atoms with van der Waals surface area (Å²) in [5, 5.41) is 4.12. The Labute approximate surface area is 125 Å². The lowest BCUT2D eigenvalue weighted by Crippen LogP contribution is -2.22. The van der Waals surface area contributed by atoms with Crippen molar-refractivity contribution in [3.63, 3.8) is 0 Å². The molecule has 0 unspecified atom stereocenters. The zero-order valence-corrected chi connectivity index (χ0v) is 12.4. The minimum absolute atomic E-state index is 0.0583. The van der Waals surface area contributed by atoms with Gasteiger partial charge >= 0.3 is 0 Å². The molecule has 2 rings (SSSR count). The molecule has 0 amide bonds. The lowest BCUT2D eigenvalue weighted by Gasteiger charge is -2.12. The van der Waals surface area contributed by atoms with E-state index < -0.39 is 17.4 Å². The van der Waals surface area contributed by atoms with E-state index in [0.29, 0.717) is 13.1 Å². The smallest absolute Gasteiger partial charge is 0.215 e. The van der Waals surface area contributed by atoms with Crippen molar-refractivity contribution in [1.29, 1.82) is 0 Å². The molecule has 0 aliphatic carbocycles. The van der Waals surface area contributed by atoms with Crippen molar-refractivity contribution in [3.05, 3.63) is 52.3 Å². The number of ketones is 1. The second kappa shape index (κ2) is 6.32. The van der Waals surface area contributed by atoms with Crippen LogP contribution < -0.4 is 0 Å². The molecule has 0 aliphatic rings. The van der Waals surface area contributed by atoms with E-state index in [2.05, 4.69) is 5.10 Å². The summed E-state index contributed by atoms with van der Waals surface area (Å²) in [7, 11) is 3.75. The van der Waals surface area contributed by atoms with E-state index in [1.165, 1.54) is 23.0 Å². The van der Waals surface area contributed by atoms with Gasteiger partial charge in [-0.3, -0.25) is 9.48 Å². The van der Waals surface area contributed by atoms with Crippen molar-refractivity contribution in [2.75, 3.05) is 20.6 Å². The zero-order chi connectivity index (χ0) is 15.6. The zero-order valence-electron chi connectivity index (χ0n) is 11.6. The lowest BCUT2D eigenvalue weighted by atomic mass is 10.1. The molecule has 0 atom stereocenters. The van der Waals surface area contributed by atoms with E-state index in [-0.39, 0.29) is 16.3 Å². The standard InChI is InChI=1S/C14H14ClF2N3O/c1-19(2)6-7-20-13(10(15)8-18-20)14(21)9-4-3-5-11(16)12(9)17/h3-5,8H,6-7H2,1-2H3. The number of hydrogen-bond donors (Lipinski definition) is 0. The Bertz CT molecular complexity index is 670. The molecule has 1 aromatic carbocycles. The van der Waals surface area contributed by atoms with Gasteiger partial charge in [-0.2, -0.15) is 5.10 Å². The molecule has 0 saturated heterocycles. The van der Waals surface area contributed by atoms with E-state index in [4.69, 9.17) is 11.6 Å². The van der Waals surface area contributed by atoms with Crippen molar-refractivity contribution < 1.29 is 13.6 Å². The Hall–Kier alpha value is -1.79. The highest BCUT2D eigenvalue weighted by atomic mass is 35.5. The molecule has 0 spiro atoms. The van der Waals surface area contributed by atoms with Gasteiger partial charge in [0, 0.05) is 6.54 Å². The largest absolute Gasteiger partial charge is 0.308 e. The quantitative estimate of drug-likeness (QED) is 0.796. The topological polar surface area (TPSA) is 38.1 Å². The van der Waals surface area contributed by atoms with Gasteiger partial charge in [0.1, 0.15) is 5.69 Å². The first-order chi connectivity index (χ1) is 9.91.